The molecule has 3 heterocycles. The van der Waals surface area contributed by atoms with Gasteiger partial charge in [-0.05, 0) is 48.6 Å². The summed E-state index contributed by atoms with van der Waals surface area (Å²) >= 11 is 9.45. The molecule has 7 nitrogen and oxygen atoms in total. The maximum atomic E-state index is 4.77. The predicted octanol–water partition coefficient (Wildman–Crippen LogP) is 4.19. The second-order valence-electron chi connectivity index (χ2n) is 8.21. The minimum Gasteiger partial charge on any atom is -0.378 e. The third-order valence-electron chi connectivity index (χ3n) is 5.56. The molecule has 0 radical (unpaired) electrons. The van der Waals surface area contributed by atoms with Crippen LogP contribution in [0.3, 0.4) is 0 Å². The summed E-state index contributed by atoms with van der Waals surface area (Å²) in [5.41, 5.74) is 6.50. The summed E-state index contributed by atoms with van der Waals surface area (Å²) in [6, 6.07) is 12.3. The third kappa shape index (κ3) is 3.87. The van der Waals surface area contributed by atoms with Gasteiger partial charge in [0.15, 0.2) is 0 Å². The standard InChI is InChI=1S/C24H23N7S2/c1-29(2)14-5-7-17(21(32)11-14)19-9-16-10-20(18-8-6-15(30(3)4)12-22(18)33)28-24-26-13-25-23(27-19)31(16)24/h5-13,32-33H,1-4H3. The van der Waals surface area contributed by atoms with E-state index in [0.29, 0.717) is 11.9 Å². The highest BCUT2D eigenvalue weighted by atomic mass is 32.1. The fraction of sp³-hybridized carbons (Fsp3) is 0.167. The average molecular weight is 474 g/mol. The summed E-state index contributed by atoms with van der Waals surface area (Å²) in [5.74, 6) is 1.06. The number of benzene rings is 2. The van der Waals surface area contributed by atoms with E-state index in [9.17, 15) is 0 Å². The Hall–Kier alpha value is -3.30. The number of hydrogen-bond acceptors (Lipinski definition) is 9. The molecule has 2 aromatic carbocycles. The lowest BCUT2D eigenvalue weighted by Gasteiger charge is -2.32. The van der Waals surface area contributed by atoms with Crippen LogP contribution >= 0.6 is 25.3 Å². The van der Waals surface area contributed by atoms with Gasteiger partial charge in [-0.25, -0.2) is 24.9 Å². The molecule has 0 fully saturated rings. The number of thiol groups is 2. The van der Waals surface area contributed by atoms with E-state index in [-0.39, 0.29) is 0 Å². The fourth-order valence-electron chi connectivity index (χ4n) is 3.76. The molecule has 5 rings (SSSR count). The van der Waals surface area contributed by atoms with Crippen molar-refractivity contribution >= 4 is 66.3 Å². The largest absolute Gasteiger partial charge is 0.378 e. The van der Waals surface area contributed by atoms with Crippen LogP contribution in [0.25, 0.3) is 5.70 Å². The molecule has 0 aromatic heterocycles. The Balaban J connectivity index is 1.60. The normalized spacial score (nSPS) is 16.3. The number of guanidine groups is 2. The van der Waals surface area contributed by atoms with Crippen molar-refractivity contribution in [1.82, 2.24) is 4.90 Å². The van der Waals surface area contributed by atoms with Crippen molar-refractivity contribution < 1.29 is 0 Å². The number of nitrogens with zero attached hydrogens (tertiary/aromatic N) is 7. The summed E-state index contributed by atoms with van der Waals surface area (Å²) in [7, 11) is 8.02. The van der Waals surface area contributed by atoms with Gasteiger partial charge < -0.3 is 9.80 Å². The zero-order valence-corrected chi connectivity index (χ0v) is 20.5. The van der Waals surface area contributed by atoms with Crippen molar-refractivity contribution in [3.63, 3.8) is 0 Å². The van der Waals surface area contributed by atoms with Crippen LogP contribution < -0.4 is 9.80 Å². The third-order valence-corrected chi connectivity index (χ3v) is 6.30. The summed E-state index contributed by atoms with van der Waals surface area (Å²) in [4.78, 5) is 26.0. The van der Waals surface area contributed by atoms with Gasteiger partial charge in [0.1, 0.15) is 6.34 Å². The summed E-state index contributed by atoms with van der Waals surface area (Å²) in [5, 5.41) is 0. The summed E-state index contributed by atoms with van der Waals surface area (Å²) < 4.78 is 0. The highest BCUT2D eigenvalue weighted by Crippen LogP contribution is 2.34. The topological polar surface area (TPSA) is 59.2 Å². The van der Waals surface area contributed by atoms with Crippen LogP contribution in [0.15, 0.2) is 84.0 Å². The highest BCUT2D eigenvalue weighted by Gasteiger charge is 2.31. The first-order valence-electron chi connectivity index (χ1n) is 10.3. The second kappa shape index (κ2) is 8.24. The lowest BCUT2D eigenvalue weighted by molar-refractivity contribution is 0.738. The van der Waals surface area contributed by atoms with E-state index in [4.69, 9.17) is 35.2 Å². The quantitative estimate of drug-likeness (QED) is 0.655. The molecular weight excluding hydrogens is 450 g/mol. The van der Waals surface area contributed by atoms with E-state index in [1.165, 1.54) is 6.34 Å². The first-order chi connectivity index (χ1) is 15.8. The Bertz CT molecular complexity index is 1290. The molecule has 9 heteroatoms. The Labute approximate surface area is 204 Å². The zero-order chi connectivity index (χ0) is 23.3. The van der Waals surface area contributed by atoms with Crippen LogP contribution in [0, 0.1) is 0 Å². The molecule has 0 amide bonds. The Kier molecular flexibility index (Phi) is 5.38. The van der Waals surface area contributed by atoms with Gasteiger partial charge >= 0.3 is 0 Å². The SMILES string of the molecule is CN(C)c1ccc(C2=CC3=CC(c4ccc(N(C)C)cc4S)=NC4=NC=NC(=N2)N34)c(S)c1. The molecule has 0 saturated carbocycles. The molecule has 3 aliphatic rings. The molecule has 33 heavy (non-hydrogen) atoms. The van der Waals surface area contributed by atoms with Crippen molar-refractivity contribution in [2.75, 3.05) is 38.0 Å². The first-order valence-corrected chi connectivity index (χ1v) is 11.2. The Morgan fingerprint density at radius 1 is 0.758 bits per heavy atom. The van der Waals surface area contributed by atoms with Gasteiger partial charge in [-0.3, -0.25) is 0 Å². The van der Waals surface area contributed by atoms with Gasteiger partial charge in [-0.15, -0.1) is 25.3 Å². The predicted molar refractivity (Wildman–Crippen MR) is 144 cm³/mol. The average Bonchev–Trinajstić information content (AvgIpc) is 2.78. The molecule has 0 spiro atoms. The summed E-state index contributed by atoms with van der Waals surface area (Å²) in [6.07, 6.45) is 5.53. The van der Waals surface area contributed by atoms with Crippen molar-refractivity contribution in [2.45, 2.75) is 9.79 Å². The molecule has 0 N–H and O–H groups in total. The van der Waals surface area contributed by atoms with E-state index in [1.54, 1.807) is 0 Å². The molecule has 0 bridgehead atoms. The van der Waals surface area contributed by atoms with Crippen LogP contribution in [0.4, 0.5) is 11.4 Å². The van der Waals surface area contributed by atoms with Crippen LogP contribution in [-0.4, -0.2) is 57.1 Å². The molecular formula is C24H23N7S2. The van der Waals surface area contributed by atoms with Crippen molar-refractivity contribution in [3.8, 4) is 0 Å². The van der Waals surface area contributed by atoms with Crippen molar-refractivity contribution in [3.05, 3.63) is 65.4 Å². The minimum atomic E-state index is 0.532. The number of hydrogen-bond donors (Lipinski definition) is 2. The lowest BCUT2D eigenvalue weighted by Crippen LogP contribution is -2.40. The van der Waals surface area contributed by atoms with E-state index in [1.807, 2.05) is 79.3 Å². The molecule has 0 saturated heterocycles. The molecule has 166 valence electrons. The lowest BCUT2D eigenvalue weighted by atomic mass is 10.0. The van der Waals surface area contributed by atoms with Gasteiger partial charge in [0, 0.05) is 60.5 Å². The van der Waals surface area contributed by atoms with Crippen LogP contribution in [0.1, 0.15) is 11.1 Å². The Morgan fingerprint density at radius 3 is 2.00 bits per heavy atom. The van der Waals surface area contributed by atoms with Gasteiger partial charge in [-0.1, -0.05) is 0 Å². The molecule has 0 unspecified atom stereocenters. The van der Waals surface area contributed by atoms with E-state index in [0.717, 1.165) is 49.4 Å². The van der Waals surface area contributed by atoms with Gasteiger partial charge in [0.25, 0.3) is 0 Å². The maximum Gasteiger partial charge on any atom is 0.239 e. The number of allylic oxidation sites excluding steroid dienone is 2. The fourth-order valence-corrected chi connectivity index (χ4v) is 4.40. The molecule has 2 aromatic rings. The summed E-state index contributed by atoms with van der Waals surface area (Å²) in [6.45, 7) is 0. The zero-order valence-electron chi connectivity index (χ0n) is 18.7. The molecule has 3 aliphatic heterocycles. The minimum absolute atomic E-state index is 0.532. The maximum absolute atomic E-state index is 4.77. The monoisotopic (exact) mass is 473 g/mol. The first kappa shape index (κ1) is 21.5. The van der Waals surface area contributed by atoms with Crippen molar-refractivity contribution in [1.29, 1.82) is 0 Å². The van der Waals surface area contributed by atoms with Crippen LogP contribution in [-0.2, 0) is 0 Å². The highest BCUT2D eigenvalue weighted by molar-refractivity contribution is 7.80. The van der Waals surface area contributed by atoms with E-state index < -0.39 is 0 Å². The molecule has 0 atom stereocenters. The van der Waals surface area contributed by atoms with Gasteiger partial charge in [0.2, 0.25) is 11.9 Å². The second-order valence-corrected chi connectivity index (χ2v) is 9.17. The van der Waals surface area contributed by atoms with Gasteiger partial charge in [-0.2, -0.15) is 0 Å². The van der Waals surface area contributed by atoms with E-state index >= 15 is 0 Å². The van der Waals surface area contributed by atoms with Crippen molar-refractivity contribution in [2.24, 2.45) is 20.0 Å². The number of aliphatic imine (C=N–C) groups is 4. The smallest absolute Gasteiger partial charge is 0.239 e. The van der Waals surface area contributed by atoms with Crippen LogP contribution in [0.5, 0.6) is 0 Å². The Morgan fingerprint density at radius 2 is 1.39 bits per heavy atom. The molecule has 0 aliphatic carbocycles. The number of anilines is 2. The van der Waals surface area contributed by atoms with E-state index in [2.05, 4.69) is 22.1 Å². The number of rotatable bonds is 4. The van der Waals surface area contributed by atoms with Crippen LogP contribution in [0.2, 0.25) is 0 Å². The van der Waals surface area contributed by atoms with Gasteiger partial charge in [0.05, 0.1) is 17.1 Å².